The van der Waals surface area contributed by atoms with Crippen molar-refractivity contribution < 1.29 is 8.83 Å². The Morgan fingerprint density at radius 3 is 2.75 bits per heavy atom. The van der Waals surface area contributed by atoms with Crippen LogP contribution in [0.5, 0.6) is 0 Å². The van der Waals surface area contributed by atoms with Crippen LogP contribution in [0.4, 0.5) is 0 Å². The van der Waals surface area contributed by atoms with Crippen molar-refractivity contribution in [3.05, 3.63) is 59.7 Å². The van der Waals surface area contributed by atoms with Crippen molar-refractivity contribution in [1.29, 1.82) is 0 Å². The molecule has 20 heavy (non-hydrogen) atoms. The smallest absolute Gasteiger partial charge is 0.137 e. The summed E-state index contributed by atoms with van der Waals surface area (Å²) in [6.07, 6.45) is 2.76. The van der Waals surface area contributed by atoms with Gasteiger partial charge in [0.2, 0.25) is 0 Å². The molecule has 0 saturated heterocycles. The van der Waals surface area contributed by atoms with E-state index < -0.39 is 0 Å². The van der Waals surface area contributed by atoms with Crippen LogP contribution >= 0.6 is 0 Å². The number of furan rings is 2. The van der Waals surface area contributed by atoms with Gasteiger partial charge in [-0.25, -0.2) is 0 Å². The number of benzene rings is 1. The monoisotopic (exact) mass is 269 g/mol. The van der Waals surface area contributed by atoms with Crippen LogP contribution in [0.2, 0.25) is 0 Å². The van der Waals surface area contributed by atoms with Crippen LogP contribution in [0.25, 0.3) is 11.0 Å². The van der Waals surface area contributed by atoms with E-state index in [1.807, 2.05) is 12.1 Å². The predicted molar refractivity (Wildman–Crippen MR) is 79.8 cm³/mol. The van der Waals surface area contributed by atoms with Gasteiger partial charge in [-0.1, -0.05) is 25.1 Å². The fourth-order valence-corrected chi connectivity index (χ4v) is 2.46. The molecular formula is C17H19NO2. The molecule has 2 aromatic heterocycles. The Morgan fingerprint density at radius 2 is 2.05 bits per heavy atom. The Balaban J connectivity index is 2.02. The number of fused-ring (bicyclic) bond motifs is 1. The quantitative estimate of drug-likeness (QED) is 0.745. The van der Waals surface area contributed by atoms with E-state index in [0.29, 0.717) is 0 Å². The van der Waals surface area contributed by atoms with Gasteiger partial charge in [-0.15, -0.1) is 0 Å². The van der Waals surface area contributed by atoms with Gasteiger partial charge in [-0.05, 0) is 43.7 Å². The first-order valence-electron chi connectivity index (χ1n) is 7.05. The molecule has 0 amide bonds. The molecule has 0 aliphatic heterocycles. The van der Waals surface area contributed by atoms with E-state index in [4.69, 9.17) is 8.83 Å². The highest BCUT2D eigenvalue weighted by molar-refractivity contribution is 5.81. The van der Waals surface area contributed by atoms with Crippen LogP contribution in [0, 0.1) is 6.92 Å². The lowest BCUT2D eigenvalue weighted by Crippen LogP contribution is -2.22. The molecule has 0 aliphatic carbocycles. The van der Waals surface area contributed by atoms with Crippen LogP contribution in [0.15, 0.2) is 51.5 Å². The Morgan fingerprint density at radius 1 is 1.15 bits per heavy atom. The summed E-state index contributed by atoms with van der Waals surface area (Å²) < 4.78 is 11.6. The number of aryl methyl sites for hydroxylation is 1. The van der Waals surface area contributed by atoms with E-state index in [9.17, 15) is 0 Å². The molecule has 0 bridgehead atoms. The van der Waals surface area contributed by atoms with Crippen LogP contribution in [0.1, 0.15) is 36.5 Å². The summed E-state index contributed by atoms with van der Waals surface area (Å²) in [7, 11) is 0. The average Bonchev–Trinajstić information content (AvgIpc) is 3.09. The Hall–Kier alpha value is -2.00. The third-order valence-corrected chi connectivity index (χ3v) is 3.47. The molecule has 2 heterocycles. The lowest BCUT2D eigenvalue weighted by molar-refractivity contribution is 0.399. The van der Waals surface area contributed by atoms with Crippen molar-refractivity contribution >= 4 is 11.0 Å². The topological polar surface area (TPSA) is 38.3 Å². The molecule has 3 heteroatoms. The van der Waals surface area contributed by atoms with Crippen molar-refractivity contribution in [2.24, 2.45) is 0 Å². The number of rotatable bonds is 5. The number of nitrogens with one attached hydrogen (secondary N) is 1. The number of hydrogen-bond donors (Lipinski definition) is 1. The molecule has 1 N–H and O–H groups in total. The minimum Gasteiger partial charge on any atom is -0.467 e. The third-order valence-electron chi connectivity index (χ3n) is 3.47. The summed E-state index contributed by atoms with van der Waals surface area (Å²) in [6, 6.07) is 12.1. The van der Waals surface area contributed by atoms with E-state index in [1.54, 1.807) is 6.26 Å². The second-order valence-electron chi connectivity index (χ2n) is 5.04. The lowest BCUT2D eigenvalue weighted by atomic mass is 10.1. The molecular weight excluding hydrogens is 250 g/mol. The van der Waals surface area contributed by atoms with E-state index in [1.165, 1.54) is 0 Å². The maximum atomic E-state index is 6.06. The highest BCUT2D eigenvalue weighted by Gasteiger charge is 2.20. The van der Waals surface area contributed by atoms with Crippen molar-refractivity contribution in [2.75, 3.05) is 6.54 Å². The molecule has 3 rings (SSSR count). The molecule has 0 aliphatic rings. The van der Waals surface area contributed by atoms with E-state index in [-0.39, 0.29) is 6.04 Å². The van der Waals surface area contributed by atoms with Gasteiger partial charge in [0.1, 0.15) is 23.1 Å². The van der Waals surface area contributed by atoms with Gasteiger partial charge in [0.25, 0.3) is 0 Å². The molecule has 1 unspecified atom stereocenters. The van der Waals surface area contributed by atoms with Gasteiger partial charge < -0.3 is 14.2 Å². The van der Waals surface area contributed by atoms with Gasteiger partial charge in [-0.2, -0.15) is 0 Å². The fourth-order valence-electron chi connectivity index (χ4n) is 2.46. The lowest BCUT2D eigenvalue weighted by Gasteiger charge is -2.13. The summed E-state index contributed by atoms with van der Waals surface area (Å²) >= 11 is 0. The summed E-state index contributed by atoms with van der Waals surface area (Å²) in [5, 5.41) is 4.62. The first-order chi connectivity index (χ1) is 9.79. The largest absolute Gasteiger partial charge is 0.467 e. The first-order valence-corrected chi connectivity index (χ1v) is 7.05. The first kappa shape index (κ1) is 13.0. The zero-order valence-corrected chi connectivity index (χ0v) is 11.8. The zero-order valence-electron chi connectivity index (χ0n) is 11.8. The maximum Gasteiger partial charge on any atom is 0.137 e. The summed E-state index contributed by atoms with van der Waals surface area (Å²) in [6.45, 7) is 5.13. The van der Waals surface area contributed by atoms with Crippen molar-refractivity contribution in [3.8, 4) is 0 Å². The van der Waals surface area contributed by atoms with E-state index >= 15 is 0 Å². The van der Waals surface area contributed by atoms with Crippen LogP contribution < -0.4 is 5.32 Å². The number of hydrogen-bond acceptors (Lipinski definition) is 3. The van der Waals surface area contributed by atoms with Gasteiger partial charge in [-0.3, -0.25) is 0 Å². The molecule has 1 atom stereocenters. The van der Waals surface area contributed by atoms with Crippen LogP contribution in [-0.2, 0) is 0 Å². The number of para-hydroxylation sites is 1. The summed E-state index contributed by atoms with van der Waals surface area (Å²) in [5.74, 6) is 1.79. The minimum atomic E-state index is -0.0308. The molecule has 104 valence electrons. The van der Waals surface area contributed by atoms with Gasteiger partial charge in [0.15, 0.2) is 0 Å². The Kier molecular flexibility index (Phi) is 3.61. The second kappa shape index (κ2) is 5.55. The predicted octanol–water partition coefficient (Wildman–Crippen LogP) is 4.42. The van der Waals surface area contributed by atoms with Crippen molar-refractivity contribution in [1.82, 2.24) is 5.32 Å². The molecule has 0 radical (unpaired) electrons. The van der Waals surface area contributed by atoms with Gasteiger partial charge >= 0.3 is 0 Å². The van der Waals surface area contributed by atoms with Gasteiger partial charge in [0.05, 0.1) is 6.26 Å². The molecule has 1 aromatic carbocycles. The average molecular weight is 269 g/mol. The molecule has 3 nitrogen and oxygen atoms in total. The fraction of sp³-hybridized carbons (Fsp3) is 0.294. The third kappa shape index (κ3) is 2.37. The molecule has 0 saturated carbocycles. The van der Waals surface area contributed by atoms with Crippen LogP contribution in [-0.4, -0.2) is 6.54 Å². The summed E-state index contributed by atoms with van der Waals surface area (Å²) in [5.41, 5.74) is 2.11. The Bertz CT molecular complexity index is 682. The SMILES string of the molecule is CCCNC(c1ccco1)c1cc2cccc(C)c2o1. The molecule has 0 spiro atoms. The van der Waals surface area contributed by atoms with Crippen molar-refractivity contribution in [2.45, 2.75) is 26.3 Å². The van der Waals surface area contributed by atoms with E-state index in [2.05, 4.69) is 43.4 Å². The standard InChI is InChI=1S/C17H19NO2/c1-3-9-18-16(14-8-5-10-19-14)15-11-13-7-4-6-12(2)17(13)20-15/h4-8,10-11,16,18H,3,9H2,1-2H3. The zero-order chi connectivity index (χ0) is 13.9. The summed E-state index contributed by atoms with van der Waals surface area (Å²) in [4.78, 5) is 0. The van der Waals surface area contributed by atoms with Gasteiger partial charge in [0, 0.05) is 5.39 Å². The normalized spacial score (nSPS) is 12.9. The maximum absolute atomic E-state index is 6.06. The second-order valence-corrected chi connectivity index (χ2v) is 5.04. The minimum absolute atomic E-state index is 0.0308. The van der Waals surface area contributed by atoms with Crippen molar-refractivity contribution in [3.63, 3.8) is 0 Å². The van der Waals surface area contributed by atoms with Crippen LogP contribution in [0.3, 0.4) is 0 Å². The molecule has 0 fully saturated rings. The highest BCUT2D eigenvalue weighted by Crippen LogP contribution is 2.30. The Labute approximate surface area is 118 Å². The highest BCUT2D eigenvalue weighted by atomic mass is 16.4. The van der Waals surface area contributed by atoms with E-state index in [0.717, 1.165) is 41.0 Å². The molecule has 3 aromatic rings.